The number of hydrogen-bond donors (Lipinski definition) is 1. The lowest BCUT2D eigenvalue weighted by molar-refractivity contribution is -0.126. The van der Waals surface area contributed by atoms with E-state index in [2.05, 4.69) is 4.72 Å². The first-order valence-electron chi connectivity index (χ1n) is 8.43. The smallest absolute Gasteiger partial charge is 0.341 e. The van der Waals surface area contributed by atoms with Gasteiger partial charge in [-0.05, 0) is 37.1 Å². The molecule has 2 aromatic carbocycles. The number of carbonyl (C=O) groups excluding carboxylic acids is 2. The highest BCUT2D eigenvalue weighted by atomic mass is 32.2. The second-order valence-corrected chi connectivity index (χ2v) is 8.08. The van der Waals surface area contributed by atoms with E-state index < -0.39 is 22.1 Å². The molecule has 1 atom stereocenters. The van der Waals surface area contributed by atoms with Crippen LogP contribution in [0.1, 0.15) is 22.8 Å². The van der Waals surface area contributed by atoms with Crippen LogP contribution in [0.2, 0.25) is 0 Å². The lowest BCUT2D eigenvalue weighted by Gasteiger charge is -2.22. The zero-order valence-electron chi connectivity index (χ0n) is 15.0. The molecule has 1 heterocycles. The van der Waals surface area contributed by atoms with Crippen LogP contribution in [0.25, 0.3) is 0 Å². The van der Waals surface area contributed by atoms with E-state index in [-0.39, 0.29) is 17.2 Å². The highest BCUT2D eigenvalue weighted by Crippen LogP contribution is 2.28. The van der Waals surface area contributed by atoms with E-state index in [1.807, 2.05) is 24.3 Å². The number of ether oxygens (including phenoxy) is 1. The maximum atomic E-state index is 12.7. The molecular weight excluding hydrogens is 368 g/mol. The Bertz CT molecular complexity index is 987. The van der Waals surface area contributed by atoms with Crippen molar-refractivity contribution in [3.63, 3.8) is 0 Å². The molecule has 0 saturated heterocycles. The average Bonchev–Trinajstić information content (AvgIpc) is 3.04. The molecule has 0 spiro atoms. The van der Waals surface area contributed by atoms with Gasteiger partial charge in [-0.3, -0.25) is 9.52 Å². The van der Waals surface area contributed by atoms with Crippen molar-refractivity contribution in [1.82, 2.24) is 0 Å². The molecule has 1 aliphatic rings. The molecule has 1 aliphatic heterocycles. The predicted molar refractivity (Wildman–Crippen MR) is 102 cm³/mol. The first-order chi connectivity index (χ1) is 12.8. The van der Waals surface area contributed by atoms with E-state index in [1.165, 1.54) is 19.1 Å². The number of sulfonamides is 1. The second-order valence-electron chi connectivity index (χ2n) is 6.34. The van der Waals surface area contributed by atoms with Gasteiger partial charge in [-0.25, -0.2) is 13.2 Å². The van der Waals surface area contributed by atoms with Gasteiger partial charge in [0.2, 0.25) is 10.0 Å². The normalized spacial score (nSPS) is 14.4. The number of nitrogens with zero attached hydrogens (tertiary/aromatic N) is 1. The highest BCUT2D eigenvalue weighted by molar-refractivity contribution is 7.92. The van der Waals surface area contributed by atoms with Gasteiger partial charge < -0.3 is 9.64 Å². The van der Waals surface area contributed by atoms with Gasteiger partial charge in [-0.15, -0.1) is 0 Å². The number of carbonyl (C=O) groups is 2. The molecule has 3 rings (SSSR count). The fourth-order valence-electron chi connectivity index (χ4n) is 3.01. The van der Waals surface area contributed by atoms with Crippen molar-refractivity contribution in [2.45, 2.75) is 19.4 Å². The molecule has 1 N–H and O–H groups in total. The zero-order valence-corrected chi connectivity index (χ0v) is 15.8. The van der Waals surface area contributed by atoms with Crippen molar-refractivity contribution in [2.24, 2.45) is 0 Å². The van der Waals surface area contributed by atoms with Crippen LogP contribution in [-0.2, 0) is 26.0 Å². The number of para-hydroxylation sites is 2. The van der Waals surface area contributed by atoms with Gasteiger partial charge in [0, 0.05) is 12.2 Å². The first kappa shape index (κ1) is 18.9. The van der Waals surface area contributed by atoms with Crippen LogP contribution in [-0.4, -0.2) is 39.2 Å². The number of benzene rings is 2. The Morgan fingerprint density at radius 1 is 1.11 bits per heavy atom. The molecule has 142 valence electrons. The first-order valence-corrected chi connectivity index (χ1v) is 10.3. The summed E-state index contributed by atoms with van der Waals surface area (Å²) in [5.41, 5.74) is 2.05. The Morgan fingerprint density at radius 2 is 1.78 bits per heavy atom. The molecule has 2 aromatic rings. The van der Waals surface area contributed by atoms with Crippen molar-refractivity contribution >= 4 is 33.3 Å². The van der Waals surface area contributed by atoms with Crippen LogP contribution >= 0.6 is 0 Å². The number of rotatable bonds is 5. The minimum Gasteiger partial charge on any atom is -0.449 e. The molecule has 7 nitrogen and oxygen atoms in total. The molecular formula is C19H20N2O5S. The molecule has 8 heteroatoms. The highest BCUT2D eigenvalue weighted by Gasteiger charge is 2.30. The summed E-state index contributed by atoms with van der Waals surface area (Å²) < 4.78 is 30.5. The summed E-state index contributed by atoms with van der Waals surface area (Å²) in [4.78, 5) is 26.8. The Labute approximate surface area is 158 Å². The molecule has 0 radical (unpaired) electrons. The second kappa shape index (κ2) is 7.40. The molecule has 1 unspecified atom stereocenters. The molecule has 1 amide bonds. The van der Waals surface area contributed by atoms with Gasteiger partial charge in [0.05, 0.1) is 17.5 Å². The maximum absolute atomic E-state index is 12.7. The number of amides is 1. The van der Waals surface area contributed by atoms with Crippen molar-refractivity contribution in [3.8, 4) is 0 Å². The summed E-state index contributed by atoms with van der Waals surface area (Å²) in [6.07, 6.45) is 0.741. The van der Waals surface area contributed by atoms with Gasteiger partial charge in [-0.1, -0.05) is 30.3 Å². The molecule has 27 heavy (non-hydrogen) atoms. The number of esters is 1. The van der Waals surface area contributed by atoms with Gasteiger partial charge >= 0.3 is 5.97 Å². The maximum Gasteiger partial charge on any atom is 0.341 e. The molecule has 0 aliphatic carbocycles. The lowest BCUT2D eigenvalue weighted by Crippen LogP contribution is -2.39. The fourth-order valence-corrected chi connectivity index (χ4v) is 3.59. The van der Waals surface area contributed by atoms with Crippen LogP contribution < -0.4 is 9.62 Å². The summed E-state index contributed by atoms with van der Waals surface area (Å²) in [7, 11) is -3.56. The van der Waals surface area contributed by atoms with E-state index in [0.29, 0.717) is 6.54 Å². The number of nitrogens with one attached hydrogen (secondary N) is 1. The van der Waals surface area contributed by atoms with Gasteiger partial charge in [0.15, 0.2) is 6.10 Å². The van der Waals surface area contributed by atoms with Crippen molar-refractivity contribution in [2.75, 3.05) is 22.4 Å². The number of fused-ring (bicyclic) bond motifs is 1. The fraction of sp³-hybridized carbons (Fsp3) is 0.263. The van der Waals surface area contributed by atoms with E-state index in [0.717, 1.165) is 23.9 Å². The summed E-state index contributed by atoms with van der Waals surface area (Å²) in [6.45, 7) is 2.04. The van der Waals surface area contributed by atoms with Gasteiger partial charge in [-0.2, -0.15) is 0 Å². The van der Waals surface area contributed by atoms with Crippen molar-refractivity contribution in [3.05, 3.63) is 59.7 Å². The summed E-state index contributed by atoms with van der Waals surface area (Å²) in [5, 5.41) is 0. The Kier molecular flexibility index (Phi) is 5.18. The van der Waals surface area contributed by atoms with E-state index >= 15 is 0 Å². The SMILES string of the molecule is CC(OC(=O)c1ccccc1NS(C)(=O)=O)C(=O)N1CCc2ccccc21. The topological polar surface area (TPSA) is 92.8 Å². The standard InChI is InChI=1S/C19H20N2O5S/c1-13(18(22)21-12-11-14-7-3-6-10-17(14)21)26-19(23)15-8-4-5-9-16(15)20-27(2,24)25/h3-10,13,20H,11-12H2,1-2H3. The van der Waals surface area contributed by atoms with Crippen LogP contribution in [0.15, 0.2) is 48.5 Å². The monoisotopic (exact) mass is 388 g/mol. The number of anilines is 2. The quantitative estimate of drug-likeness (QED) is 0.793. The van der Waals surface area contributed by atoms with Crippen LogP contribution in [0, 0.1) is 0 Å². The van der Waals surface area contributed by atoms with Crippen molar-refractivity contribution in [1.29, 1.82) is 0 Å². The van der Waals surface area contributed by atoms with Crippen LogP contribution in [0.4, 0.5) is 11.4 Å². The number of hydrogen-bond acceptors (Lipinski definition) is 5. The lowest BCUT2D eigenvalue weighted by atomic mass is 10.2. The molecule has 0 saturated carbocycles. The largest absolute Gasteiger partial charge is 0.449 e. The Morgan fingerprint density at radius 3 is 2.52 bits per heavy atom. The minimum absolute atomic E-state index is 0.0457. The van der Waals surface area contributed by atoms with Gasteiger partial charge in [0.1, 0.15) is 0 Å². The third-order valence-corrected chi connectivity index (χ3v) is 4.82. The summed E-state index contributed by atoms with van der Waals surface area (Å²) in [5.74, 6) is -1.09. The zero-order chi connectivity index (χ0) is 19.6. The molecule has 0 aromatic heterocycles. The predicted octanol–water partition coefficient (Wildman–Crippen LogP) is 2.19. The summed E-state index contributed by atoms with van der Waals surface area (Å²) in [6, 6.07) is 13.7. The van der Waals surface area contributed by atoms with Gasteiger partial charge in [0.25, 0.3) is 5.91 Å². The van der Waals surface area contributed by atoms with E-state index in [4.69, 9.17) is 4.74 Å². The van der Waals surface area contributed by atoms with E-state index in [9.17, 15) is 18.0 Å². The Balaban J connectivity index is 1.74. The van der Waals surface area contributed by atoms with Crippen LogP contribution in [0.5, 0.6) is 0 Å². The average molecular weight is 388 g/mol. The Hall–Kier alpha value is -2.87. The third kappa shape index (κ3) is 4.28. The molecule has 0 bridgehead atoms. The minimum atomic E-state index is -3.56. The summed E-state index contributed by atoms with van der Waals surface area (Å²) >= 11 is 0. The van der Waals surface area contributed by atoms with E-state index in [1.54, 1.807) is 17.0 Å². The van der Waals surface area contributed by atoms with Crippen molar-refractivity contribution < 1.29 is 22.7 Å². The third-order valence-electron chi connectivity index (χ3n) is 4.23. The molecule has 0 fully saturated rings. The van der Waals surface area contributed by atoms with Crippen LogP contribution in [0.3, 0.4) is 0 Å².